The molecule has 4 N–H and O–H groups in total. The Kier molecular flexibility index (Phi) is 6.48. The van der Waals surface area contributed by atoms with Gasteiger partial charge >= 0.3 is 15.5 Å². The Morgan fingerprint density at radius 1 is 1.05 bits per heavy atom. The second-order valence-electron chi connectivity index (χ2n) is 8.67. The van der Waals surface area contributed by atoms with Crippen LogP contribution in [0.4, 0.5) is 24.5 Å². The van der Waals surface area contributed by atoms with Crippen LogP contribution in [-0.4, -0.2) is 25.6 Å². The number of rotatable bonds is 6. The molecule has 194 valence electrons. The summed E-state index contributed by atoms with van der Waals surface area (Å²) in [5, 5.41) is 12.9. The smallest absolute Gasteiger partial charge is 0.493 e. The predicted molar refractivity (Wildman–Crippen MR) is 132 cm³/mol. The topological polar surface area (TPSA) is 103 Å². The van der Waals surface area contributed by atoms with Gasteiger partial charge in [0.1, 0.15) is 5.75 Å². The third kappa shape index (κ3) is 5.08. The number of ether oxygens (including phenoxy) is 1. The molecule has 0 spiro atoms. The number of halogens is 3. The first-order chi connectivity index (χ1) is 17.6. The van der Waals surface area contributed by atoms with Crippen LogP contribution < -0.4 is 25.4 Å². The van der Waals surface area contributed by atoms with E-state index in [0.29, 0.717) is 23.3 Å². The Hall–Kier alpha value is -3.74. The second kappa shape index (κ2) is 9.61. The van der Waals surface area contributed by atoms with Gasteiger partial charge in [-0.05, 0) is 36.2 Å². The van der Waals surface area contributed by atoms with Crippen molar-refractivity contribution < 1.29 is 31.4 Å². The summed E-state index contributed by atoms with van der Waals surface area (Å²) in [6.45, 7) is 0.213. The maximum Gasteiger partial charge on any atom is 0.516 e. The van der Waals surface area contributed by atoms with E-state index in [1.807, 2.05) is 41.5 Å². The van der Waals surface area contributed by atoms with Crippen molar-refractivity contribution in [1.29, 1.82) is 0 Å². The number of para-hydroxylation sites is 2. The summed E-state index contributed by atoms with van der Waals surface area (Å²) in [6, 6.07) is 20.3. The fraction of sp³-hybridized carbons (Fsp3) is 0.200. The zero-order chi connectivity index (χ0) is 26.2. The van der Waals surface area contributed by atoms with Crippen LogP contribution in [0.3, 0.4) is 0 Å². The van der Waals surface area contributed by atoms with Crippen molar-refractivity contribution in [3.05, 3.63) is 90.3 Å². The van der Waals surface area contributed by atoms with E-state index >= 15 is 0 Å². The van der Waals surface area contributed by atoms with Crippen LogP contribution in [0.5, 0.6) is 5.75 Å². The molecule has 12 heteroatoms. The molecule has 2 atom stereocenters. The van der Waals surface area contributed by atoms with Crippen molar-refractivity contribution in [1.82, 2.24) is 11.0 Å². The molecular formula is C25H23F3N4O4S. The number of fused-ring (bicyclic) bond motifs is 1. The average molecular weight is 533 g/mol. The van der Waals surface area contributed by atoms with Crippen LogP contribution in [0.1, 0.15) is 18.1 Å². The number of hydrazine groups is 2. The maximum atomic E-state index is 12.9. The lowest BCUT2D eigenvalue weighted by Gasteiger charge is -2.31. The fourth-order valence-electron chi connectivity index (χ4n) is 4.28. The minimum absolute atomic E-state index is 0.213. The minimum atomic E-state index is -5.59. The normalized spacial score (nSPS) is 19.5. The number of sulfonamides is 1. The fourth-order valence-corrected chi connectivity index (χ4v) is 4.86. The van der Waals surface area contributed by atoms with E-state index in [2.05, 4.69) is 11.0 Å². The van der Waals surface area contributed by atoms with Crippen LogP contribution >= 0.6 is 0 Å². The van der Waals surface area contributed by atoms with Crippen LogP contribution in [0.2, 0.25) is 0 Å². The maximum absolute atomic E-state index is 12.9. The number of allylic oxidation sites excluding steroid dienone is 1. The lowest BCUT2D eigenvalue weighted by Crippen LogP contribution is -2.37. The Labute approximate surface area is 211 Å². The molecule has 0 saturated heterocycles. The van der Waals surface area contributed by atoms with Crippen LogP contribution in [0.15, 0.2) is 84.7 Å². The quantitative estimate of drug-likeness (QED) is 0.373. The number of nitrogens with one attached hydrogen (secondary N) is 3. The molecule has 0 unspecified atom stereocenters. The summed E-state index contributed by atoms with van der Waals surface area (Å²) in [4.78, 5) is 0. The number of nitrogens with zero attached hydrogens (tertiary/aromatic N) is 1. The van der Waals surface area contributed by atoms with Crippen molar-refractivity contribution in [2.45, 2.75) is 18.0 Å². The molecule has 2 aliphatic heterocycles. The number of hydrogen-bond acceptors (Lipinski definition) is 7. The Morgan fingerprint density at radius 3 is 2.54 bits per heavy atom. The van der Waals surface area contributed by atoms with Crippen LogP contribution in [-0.2, 0) is 10.0 Å². The van der Waals surface area contributed by atoms with Gasteiger partial charge in [-0.1, -0.05) is 48.5 Å². The molecule has 3 aromatic carbocycles. The van der Waals surface area contributed by atoms with Crippen molar-refractivity contribution in [2.75, 3.05) is 16.3 Å². The number of benzene rings is 3. The van der Waals surface area contributed by atoms with Gasteiger partial charge in [0.2, 0.25) is 0 Å². The molecule has 2 aliphatic rings. The van der Waals surface area contributed by atoms with Gasteiger partial charge in [-0.25, -0.2) is 0 Å². The van der Waals surface area contributed by atoms with E-state index in [-0.39, 0.29) is 23.8 Å². The largest absolute Gasteiger partial charge is 0.516 e. The minimum Gasteiger partial charge on any atom is -0.493 e. The molecule has 3 aromatic rings. The van der Waals surface area contributed by atoms with E-state index in [1.54, 1.807) is 29.0 Å². The zero-order valence-corrected chi connectivity index (χ0v) is 20.1. The molecular weight excluding hydrogens is 509 g/mol. The van der Waals surface area contributed by atoms with Gasteiger partial charge in [0, 0.05) is 28.9 Å². The average Bonchev–Trinajstić information content (AvgIpc) is 3.34. The number of aliphatic hydroxyl groups is 1. The second-order valence-corrected chi connectivity index (χ2v) is 10.3. The summed E-state index contributed by atoms with van der Waals surface area (Å²) < 4.78 is 69.5. The van der Waals surface area contributed by atoms with Crippen molar-refractivity contribution in [2.24, 2.45) is 5.92 Å². The molecule has 0 aliphatic carbocycles. The highest BCUT2D eigenvalue weighted by atomic mass is 32.2. The Bertz CT molecular complexity index is 1430. The molecule has 5 rings (SSSR count). The highest BCUT2D eigenvalue weighted by Gasteiger charge is 2.46. The van der Waals surface area contributed by atoms with E-state index < -0.39 is 21.6 Å². The van der Waals surface area contributed by atoms with Crippen LogP contribution in [0.25, 0.3) is 11.1 Å². The third-order valence-corrected chi connectivity index (χ3v) is 7.26. The van der Waals surface area contributed by atoms with Gasteiger partial charge in [0.15, 0.2) is 0 Å². The summed E-state index contributed by atoms with van der Waals surface area (Å²) in [7, 11) is -5.59. The monoisotopic (exact) mass is 532 g/mol. The highest BCUT2D eigenvalue weighted by molar-refractivity contribution is 7.93. The van der Waals surface area contributed by atoms with Gasteiger partial charge in [-0.3, -0.25) is 9.73 Å². The third-order valence-electron chi connectivity index (χ3n) is 6.16. The van der Waals surface area contributed by atoms with Crippen molar-refractivity contribution in [3.8, 4) is 16.9 Å². The van der Waals surface area contributed by atoms with E-state index in [1.165, 1.54) is 18.2 Å². The van der Waals surface area contributed by atoms with E-state index in [0.717, 1.165) is 11.4 Å². The number of aliphatic hydroxyl groups excluding tert-OH is 1. The Morgan fingerprint density at radius 2 is 1.78 bits per heavy atom. The van der Waals surface area contributed by atoms with Crippen molar-refractivity contribution in [3.63, 3.8) is 0 Å². The first-order valence-electron chi connectivity index (χ1n) is 11.3. The summed E-state index contributed by atoms with van der Waals surface area (Å²) >= 11 is 0. The SMILES string of the molecule is O=S(=O)(Nc1ccccc1-c1ccc2c(c1)OC[C@H](CC1=CN(c3ccccc3)NN1)[C@H]2O)C(F)(F)F. The van der Waals surface area contributed by atoms with Gasteiger partial charge in [0.05, 0.1) is 24.1 Å². The van der Waals surface area contributed by atoms with Crippen molar-refractivity contribution >= 4 is 21.4 Å². The van der Waals surface area contributed by atoms with Gasteiger partial charge in [0.25, 0.3) is 0 Å². The summed E-state index contributed by atoms with van der Waals surface area (Å²) in [5.41, 5.74) is 3.51. The molecule has 0 bridgehead atoms. The van der Waals surface area contributed by atoms with E-state index in [9.17, 15) is 26.7 Å². The Balaban J connectivity index is 1.34. The lowest BCUT2D eigenvalue weighted by molar-refractivity contribution is -0.0429. The molecule has 0 radical (unpaired) electrons. The molecule has 0 fully saturated rings. The molecule has 2 heterocycles. The lowest BCUT2D eigenvalue weighted by atomic mass is 9.88. The molecule has 0 amide bonds. The predicted octanol–water partition coefficient (Wildman–Crippen LogP) is 4.42. The zero-order valence-electron chi connectivity index (χ0n) is 19.2. The molecule has 0 aromatic heterocycles. The first kappa shape index (κ1) is 24.9. The van der Waals surface area contributed by atoms with Gasteiger partial charge in [-0.15, -0.1) is 5.53 Å². The molecule has 8 nitrogen and oxygen atoms in total. The molecule has 37 heavy (non-hydrogen) atoms. The number of anilines is 2. The van der Waals surface area contributed by atoms with E-state index in [4.69, 9.17) is 4.74 Å². The summed E-state index contributed by atoms with van der Waals surface area (Å²) in [5.74, 6) is 0.132. The number of hydrogen-bond donors (Lipinski definition) is 4. The van der Waals surface area contributed by atoms with Gasteiger partial charge in [-0.2, -0.15) is 21.6 Å². The van der Waals surface area contributed by atoms with Gasteiger partial charge < -0.3 is 15.3 Å². The molecule has 0 saturated carbocycles. The standard InChI is InChI=1S/C25H23F3N4O4S/c26-25(27,28)37(34,35)30-22-9-5-4-8-20(22)16-10-11-21-23(13-16)36-15-17(24(21)33)12-18-14-32(31-29-18)19-6-2-1-3-7-19/h1-11,13-14,17,24,29-31,33H,12,15H2/t17-,24+/m0/s1. The summed E-state index contributed by atoms with van der Waals surface area (Å²) in [6.07, 6.45) is 1.56. The highest BCUT2D eigenvalue weighted by Crippen LogP contribution is 2.41. The number of alkyl halides is 3. The van der Waals surface area contributed by atoms with Crippen LogP contribution in [0, 0.1) is 5.92 Å². The first-order valence-corrected chi connectivity index (χ1v) is 12.8.